The molecule has 0 aliphatic carbocycles. The molecule has 0 N–H and O–H groups in total. The van der Waals surface area contributed by atoms with Crippen molar-refractivity contribution < 1.29 is 40.0 Å². The minimum Gasteiger partial charge on any atom is -1.00 e. The molecular formula is C10H20AuBF4N6S2-3. The minimum absolute atomic E-state index is 0. The number of amidine groups is 2. The van der Waals surface area contributed by atoms with Crippen molar-refractivity contribution in [2.45, 2.75) is 26.2 Å². The fourth-order valence-corrected chi connectivity index (χ4v) is 1.96. The van der Waals surface area contributed by atoms with E-state index < -0.39 is 7.54 Å². The molecule has 2 unspecified atom stereocenters. The van der Waals surface area contributed by atoms with Crippen LogP contribution in [0.5, 0.6) is 0 Å². The molecule has 0 aromatic heterocycles. The van der Waals surface area contributed by atoms with Crippen LogP contribution in [0.3, 0.4) is 0 Å². The molecule has 2 rings (SSSR count). The fraction of sp³-hybridized carbons (Fsp3) is 0.800. The van der Waals surface area contributed by atoms with Gasteiger partial charge in [0.05, 0.1) is 0 Å². The third-order valence-electron chi connectivity index (χ3n) is 3.29. The number of hydrogen-bond acceptors (Lipinski definition) is 8. The summed E-state index contributed by atoms with van der Waals surface area (Å²) in [5.74, 6) is 0. The van der Waals surface area contributed by atoms with Crippen LogP contribution in [0.4, 0.5) is 12.9 Å². The van der Waals surface area contributed by atoms with Gasteiger partial charge in [0.1, 0.15) is 12.3 Å². The molecule has 2 aliphatic heterocycles. The maximum atomic E-state index is 9.67. The number of nitrogens with zero attached hydrogens (tertiary/aromatic N) is 6. The summed E-state index contributed by atoms with van der Waals surface area (Å²) in [7, 11) is 4.06. The number of halogens is 4. The summed E-state index contributed by atoms with van der Waals surface area (Å²) in [6.07, 6.45) is 0.634. The van der Waals surface area contributed by atoms with E-state index in [1.54, 1.807) is 0 Å². The van der Waals surface area contributed by atoms with Crippen LogP contribution in [0.1, 0.15) is 13.8 Å². The second-order valence-electron chi connectivity index (χ2n) is 4.65. The Hall–Kier alpha value is -0.495. The van der Waals surface area contributed by atoms with E-state index in [0.29, 0.717) is 22.7 Å². The van der Waals surface area contributed by atoms with E-state index in [9.17, 15) is 12.9 Å². The molecule has 1 radical (unpaired) electrons. The van der Waals surface area contributed by atoms with Gasteiger partial charge >= 0.3 is 7.54 Å². The number of hydrogen-bond donors (Lipinski definition) is 0. The van der Waals surface area contributed by atoms with Crippen molar-refractivity contribution in [2.75, 3.05) is 28.2 Å². The second kappa shape index (κ2) is 12.8. The Morgan fingerprint density at radius 1 is 0.833 bits per heavy atom. The average molecular weight is 572 g/mol. The molecule has 14 heteroatoms. The van der Waals surface area contributed by atoms with Gasteiger partial charge in [0.2, 0.25) is 0 Å². The first-order chi connectivity index (χ1) is 9.98. The Morgan fingerprint density at radius 2 is 1.04 bits per heavy atom. The van der Waals surface area contributed by atoms with E-state index in [1.165, 1.54) is 0 Å². The van der Waals surface area contributed by atoms with Gasteiger partial charge in [0.15, 0.2) is 0 Å². The van der Waals surface area contributed by atoms with Crippen LogP contribution < -0.4 is 4.70 Å². The average Bonchev–Trinajstić information content (AvgIpc) is 2.75. The van der Waals surface area contributed by atoms with Gasteiger partial charge in [0, 0.05) is 60.9 Å². The number of hydrazone groups is 2. The smallest absolute Gasteiger partial charge is 0.762 e. The summed E-state index contributed by atoms with van der Waals surface area (Å²) in [4.78, 5) is 3.91. The van der Waals surface area contributed by atoms with E-state index in [-0.39, 0.29) is 27.1 Å². The Balaban J connectivity index is -0.000000283. The zero-order valence-corrected chi connectivity index (χ0v) is 17.8. The first kappa shape index (κ1) is 28.3. The van der Waals surface area contributed by atoms with Crippen LogP contribution in [-0.2, 0) is 47.6 Å². The van der Waals surface area contributed by atoms with E-state index in [0.717, 1.165) is 0 Å². The van der Waals surface area contributed by atoms with Gasteiger partial charge in [-0.1, -0.05) is 0 Å². The predicted molar refractivity (Wildman–Crippen MR) is 88.7 cm³/mol. The van der Waals surface area contributed by atoms with Gasteiger partial charge in [-0.3, -0.25) is 23.0 Å². The van der Waals surface area contributed by atoms with Crippen molar-refractivity contribution in [1.29, 1.82) is 0 Å². The van der Waals surface area contributed by atoms with Crippen molar-refractivity contribution in [3.63, 3.8) is 0 Å². The molecule has 0 spiro atoms. The van der Waals surface area contributed by atoms with Gasteiger partial charge in [-0.2, -0.15) is 10.2 Å². The van der Waals surface area contributed by atoms with Gasteiger partial charge in [-0.15, -0.1) is 0 Å². The third-order valence-corrected chi connectivity index (χ3v) is 4.03. The van der Waals surface area contributed by atoms with Crippen LogP contribution in [-0.4, -0.2) is 78.2 Å². The van der Waals surface area contributed by atoms with E-state index in [4.69, 9.17) is 25.3 Å². The largest absolute Gasteiger partial charge is 1.00 e. The van der Waals surface area contributed by atoms with Gasteiger partial charge in [0.25, 0.3) is 0 Å². The predicted octanol–water partition coefficient (Wildman–Crippen LogP) is -2.06. The molecule has 0 aromatic carbocycles. The standard InChI is InChI=1S/2C5H11N3S.Au.BF3.FH/c2*1-4-7(2)5(9)6-8(4)3;;2-1(3)4;/h2*4H,1-3H3,(H,6,9);;;1H/p-3. The maximum absolute atomic E-state index is 9.67. The van der Waals surface area contributed by atoms with Crippen LogP contribution >= 0.6 is 0 Å². The molecule has 0 fully saturated rings. The first-order valence-electron chi connectivity index (χ1n) is 6.33. The fourth-order valence-electron chi connectivity index (χ4n) is 1.40. The van der Waals surface area contributed by atoms with Crippen molar-refractivity contribution in [2.24, 2.45) is 10.2 Å². The molecule has 2 heterocycles. The van der Waals surface area contributed by atoms with Crippen molar-refractivity contribution in [3.05, 3.63) is 0 Å². The zero-order valence-electron chi connectivity index (χ0n) is 14.0. The van der Waals surface area contributed by atoms with Crippen LogP contribution in [0.25, 0.3) is 0 Å². The SMILES string of the molecule is CC1N(C)N=C([S-])N1C.CC1N(C)N=C([S-])N1C.FB(F)F.[Au].[F-]. The summed E-state index contributed by atoms with van der Waals surface area (Å²) in [5.41, 5.74) is 0. The molecule has 0 amide bonds. The third kappa shape index (κ3) is 9.11. The molecular weight excluding hydrogens is 552 g/mol. The Kier molecular flexibility index (Phi) is 15.1. The van der Waals surface area contributed by atoms with Crippen molar-refractivity contribution in [1.82, 2.24) is 19.8 Å². The normalized spacial score (nSPS) is 21.4. The van der Waals surface area contributed by atoms with E-state index in [1.807, 2.05) is 48.0 Å². The minimum atomic E-state index is -3.67. The van der Waals surface area contributed by atoms with Crippen molar-refractivity contribution in [3.8, 4) is 0 Å². The second-order valence-corrected chi connectivity index (χ2v) is 5.38. The molecule has 0 bridgehead atoms. The summed E-state index contributed by atoms with van der Waals surface area (Å²) in [6.45, 7) is 4.12. The zero-order chi connectivity index (χ0) is 17.6. The summed E-state index contributed by atoms with van der Waals surface area (Å²) < 4.78 is 29.0. The molecule has 2 atom stereocenters. The molecule has 24 heavy (non-hydrogen) atoms. The molecule has 0 saturated carbocycles. The first-order valence-corrected chi connectivity index (χ1v) is 7.15. The Bertz CT molecular complexity index is 386. The van der Waals surface area contributed by atoms with Gasteiger partial charge in [-0.05, 0) is 13.8 Å². The summed E-state index contributed by atoms with van der Waals surface area (Å²) in [6, 6.07) is 0. The summed E-state index contributed by atoms with van der Waals surface area (Å²) >= 11 is 9.83. The van der Waals surface area contributed by atoms with Gasteiger partial charge < -0.3 is 39.8 Å². The molecule has 147 valence electrons. The van der Waals surface area contributed by atoms with Crippen molar-refractivity contribution >= 4 is 43.1 Å². The van der Waals surface area contributed by atoms with Crippen LogP contribution in [0.15, 0.2) is 10.2 Å². The Labute approximate surface area is 167 Å². The van der Waals surface area contributed by atoms with E-state index in [2.05, 4.69) is 24.1 Å². The topological polar surface area (TPSA) is 37.7 Å². The molecule has 0 saturated heterocycles. The monoisotopic (exact) mass is 572 g/mol. The summed E-state index contributed by atoms with van der Waals surface area (Å²) in [5, 5.41) is 13.1. The van der Waals surface area contributed by atoms with Crippen LogP contribution in [0.2, 0.25) is 0 Å². The van der Waals surface area contributed by atoms with Gasteiger partial charge in [-0.25, -0.2) is 0 Å². The van der Waals surface area contributed by atoms with E-state index >= 15 is 0 Å². The maximum Gasteiger partial charge on any atom is 0.762 e. The molecule has 2 aliphatic rings. The Morgan fingerprint density at radius 3 is 1.08 bits per heavy atom. The molecule has 6 nitrogen and oxygen atoms in total. The van der Waals surface area contributed by atoms with Crippen LogP contribution in [0, 0.1) is 0 Å². The molecule has 0 aromatic rings. The number of rotatable bonds is 0. The quantitative estimate of drug-likeness (QED) is 0.189.